The molecule has 1 saturated carbocycles. The Bertz CT molecular complexity index is 1770. The van der Waals surface area contributed by atoms with Gasteiger partial charge in [0, 0.05) is 44.2 Å². The summed E-state index contributed by atoms with van der Waals surface area (Å²) in [6, 6.07) is 12.1. The van der Waals surface area contributed by atoms with Gasteiger partial charge in [-0.2, -0.15) is 12.7 Å². The Morgan fingerprint density at radius 1 is 1.04 bits per heavy atom. The van der Waals surface area contributed by atoms with Gasteiger partial charge >= 0.3 is 16.3 Å². The second kappa shape index (κ2) is 14.4. The number of anilines is 1. The molecule has 5 atom stereocenters. The molecule has 1 aliphatic carbocycles. The van der Waals surface area contributed by atoms with Gasteiger partial charge in [0.2, 0.25) is 11.8 Å². The second-order valence-corrected chi connectivity index (χ2v) is 15.5. The molecule has 0 bridgehead atoms. The van der Waals surface area contributed by atoms with Gasteiger partial charge in [-0.1, -0.05) is 55.3 Å². The summed E-state index contributed by atoms with van der Waals surface area (Å²) in [5, 5.41) is 6.13. The van der Waals surface area contributed by atoms with Crippen LogP contribution in [0.3, 0.4) is 0 Å². The van der Waals surface area contributed by atoms with E-state index in [1.807, 2.05) is 42.5 Å². The zero-order valence-electron chi connectivity index (χ0n) is 28.1. The van der Waals surface area contributed by atoms with Gasteiger partial charge in [-0.05, 0) is 49.4 Å². The molecule has 50 heavy (non-hydrogen) atoms. The van der Waals surface area contributed by atoms with Crippen LogP contribution in [0.2, 0.25) is 0 Å². The van der Waals surface area contributed by atoms with Gasteiger partial charge in [-0.15, -0.1) is 0 Å². The largest absolute Gasteiger partial charge is 0.444 e. The van der Waals surface area contributed by atoms with Crippen LogP contribution < -0.4 is 15.4 Å². The average Bonchev–Trinajstić information content (AvgIpc) is 3.38. The maximum absolute atomic E-state index is 14.4. The summed E-state index contributed by atoms with van der Waals surface area (Å²) >= 11 is 0. The first kappa shape index (κ1) is 35.3. The van der Waals surface area contributed by atoms with Crippen molar-refractivity contribution in [3.05, 3.63) is 77.6 Å². The maximum Gasteiger partial charge on any atom is 0.410 e. The summed E-state index contributed by atoms with van der Waals surface area (Å²) in [5.74, 6) is -2.76. The van der Waals surface area contributed by atoms with E-state index in [0.29, 0.717) is 17.5 Å². The van der Waals surface area contributed by atoms with Crippen molar-refractivity contribution >= 4 is 39.7 Å². The number of carbonyl (C=O) groups is 4. The number of nitrogens with one attached hydrogen (secondary N) is 3. The first-order valence-corrected chi connectivity index (χ1v) is 18.4. The minimum atomic E-state index is -4.16. The number of amides is 4. The third kappa shape index (κ3) is 7.48. The second-order valence-electron chi connectivity index (χ2n) is 13.6. The number of ether oxygens (including phenoxy) is 1. The fourth-order valence-electron chi connectivity index (χ4n) is 6.93. The smallest absolute Gasteiger partial charge is 0.410 e. The molecule has 0 aromatic heterocycles. The van der Waals surface area contributed by atoms with Gasteiger partial charge in [0.25, 0.3) is 5.91 Å². The number of allylic oxidation sites excluding steroid dienone is 1. The molecule has 5 unspecified atom stereocenters. The first-order chi connectivity index (χ1) is 23.9. The van der Waals surface area contributed by atoms with E-state index < -0.39 is 63.6 Å². The summed E-state index contributed by atoms with van der Waals surface area (Å²) in [4.78, 5) is 58.2. The minimum absolute atomic E-state index is 0.0333. The molecular formula is C35H43FN6O7S. The lowest BCUT2D eigenvalue weighted by Gasteiger charge is -2.30. The number of para-hydroxylation sites is 1. The van der Waals surface area contributed by atoms with Crippen LogP contribution in [0, 0.1) is 11.7 Å². The van der Waals surface area contributed by atoms with Crippen molar-refractivity contribution in [3.63, 3.8) is 0 Å². The highest BCUT2D eigenvalue weighted by atomic mass is 32.2. The highest BCUT2D eigenvalue weighted by Crippen LogP contribution is 2.46. The lowest BCUT2D eigenvalue weighted by molar-refractivity contribution is -0.140. The highest BCUT2D eigenvalue weighted by molar-refractivity contribution is 7.87. The molecule has 2 aromatic carbocycles. The van der Waals surface area contributed by atoms with Gasteiger partial charge in [-0.25, -0.2) is 13.9 Å². The topological polar surface area (TPSA) is 157 Å². The van der Waals surface area contributed by atoms with Gasteiger partial charge in [0.05, 0.1) is 13.1 Å². The Morgan fingerprint density at radius 2 is 1.82 bits per heavy atom. The van der Waals surface area contributed by atoms with E-state index in [4.69, 9.17) is 4.74 Å². The summed E-state index contributed by atoms with van der Waals surface area (Å²) in [7, 11) is -1.59. The summed E-state index contributed by atoms with van der Waals surface area (Å²) < 4.78 is 48.4. The predicted molar refractivity (Wildman–Crippen MR) is 182 cm³/mol. The molecule has 0 radical (unpaired) electrons. The molecule has 2 fully saturated rings. The molecule has 3 aliphatic heterocycles. The monoisotopic (exact) mass is 710 g/mol. The van der Waals surface area contributed by atoms with Crippen molar-refractivity contribution in [2.24, 2.45) is 5.92 Å². The van der Waals surface area contributed by atoms with Crippen molar-refractivity contribution in [2.75, 3.05) is 26.0 Å². The first-order valence-electron chi connectivity index (χ1n) is 17.0. The van der Waals surface area contributed by atoms with Crippen LogP contribution in [-0.2, 0) is 42.4 Å². The molecule has 1 saturated heterocycles. The SMILES string of the molecule is CN(C)S(=O)(=O)NC(=O)C12CC1C=CCCCCCC(Nc1ccccc1)C(=O)N1CC(OC(=O)N3Cc4cccc(F)c4C3)CC1C(=O)N2. The zero-order valence-corrected chi connectivity index (χ0v) is 29.0. The van der Waals surface area contributed by atoms with E-state index in [-0.39, 0.29) is 38.4 Å². The third-order valence-electron chi connectivity index (χ3n) is 9.91. The molecule has 4 aliphatic rings. The standard InChI is InChI=1S/C35H43FN6O7S/c1-40(2)50(47,48)39-33(45)35-19-24(35)13-7-4-3-5-10-17-29(37-25-14-8-6-9-15-25)32(44)42-21-26(18-30(42)31(43)38-35)49-34(46)41-20-23-12-11-16-28(36)27(23)22-41/h6-9,11-16,24,26,29-30,37H,3-5,10,17-22H2,1-2H3,(H,38,43)(H,39,45). The van der Waals surface area contributed by atoms with Crippen molar-refractivity contribution in [1.82, 2.24) is 24.1 Å². The molecule has 15 heteroatoms. The van der Waals surface area contributed by atoms with Gasteiger partial charge < -0.3 is 20.3 Å². The Balaban J connectivity index is 1.27. The van der Waals surface area contributed by atoms with Crippen LogP contribution in [-0.4, -0.2) is 90.7 Å². The van der Waals surface area contributed by atoms with E-state index in [1.54, 1.807) is 12.1 Å². The van der Waals surface area contributed by atoms with Crippen LogP contribution in [0.15, 0.2) is 60.7 Å². The van der Waals surface area contributed by atoms with Gasteiger partial charge in [0.15, 0.2) is 0 Å². The van der Waals surface area contributed by atoms with E-state index in [0.717, 1.165) is 35.7 Å². The number of halogens is 1. The predicted octanol–water partition coefficient (Wildman–Crippen LogP) is 3.05. The lowest BCUT2D eigenvalue weighted by Crippen LogP contribution is -2.58. The molecule has 3 N–H and O–H groups in total. The van der Waals surface area contributed by atoms with E-state index in [2.05, 4.69) is 15.4 Å². The van der Waals surface area contributed by atoms with Crippen molar-refractivity contribution in [1.29, 1.82) is 0 Å². The van der Waals surface area contributed by atoms with E-state index in [1.165, 1.54) is 30.0 Å². The summed E-state index contributed by atoms with van der Waals surface area (Å²) in [5.41, 5.74) is 0.279. The fourth-order valence-corrected chi connectivity index (χ4v) is 7.53. The quantitative estimate of drug-likeness (QED) is 0.387. The van der Waals surface area contributed by atoms with Crippen LogP contribution in [0.5, 0.6) is 0 Å². The Kier molecular flexibility index (Phi) is 10.2. The highest BCUT2D eigenvalue weighted by Gasteiger charge is 2.61. The normalized spacial score (nSPS) is 27.0. The lowest BCUT2D eigenvalue weighted by atomic mass is 10.0. The van der Waals surface area contributed by atoms with Crippen LogP contribution in [0.1, 0.15) is 56.1 Å². The fraction of sp³-hybridized carbons (Fsp3) is 0.486. The number of fused-ring (bicyclic) bond motifs is 3. The van der Waals surface area contributed by atoms with Crippen LogP contribution in [0.4, 0.5) is 14.9 Å². The Hall–Kier alpha value is -4.50. The van der Waals surface area contributed by atoms with Crippen molar-refractivity contribution in [3.8, 4) is 0 Å². The number of carbonyl (C=O) groups excluding carboxylic acids is 4. The number of nitrogens with zero attached hydrogens (tertiary/aromatic N) is 3. The molecule has 13 nitrogen and oxygen atoms in total. The van der Waals surface area contributed by atoms with Gasteiger partial charge in [0.1, 0.15) is 29.5 Å². The summed E-state index contributed by atoms with van der Waals surface area (Å²) in [6.07, 6.45) is 5.94. The molecule has 2 aromatic rings. The number of rotatable bonds is 6. The van der Waals surface area contributed by atoms with E-state index in [9.17, 15) is 32.0 Å². The average molecular weight is 711 g/mol. The molecule has 4 amide bonds. The molecule has 3 heterocycles. The summed E-state index contributed by atoms with van der Waals surface area (Å²) in [6.45, 7) is 0.116. The van der Waals surface area contributed by atoms with Crippen LogP contribution >= 0.6 is 0 Å². The number of hydrogen-bond donors (Lipinski definition) is 3. The number of benzene rings is 2. The van der Waals surface area contributed by atoms with Crippen LogP contribution in [0.25, 0.3) is 0 Å². The van der Waals surface area contributed by atoms with Gasteiger partial charge in [-0.3, -0.25) is 19.3 Å². The minimum Gasteiger partial charge on any atom is -0.444 e. The molecular weight excluding hydrogens is 667 g/mol. The molecule has 268 valence electrons. The third-order valence-corrected chi connectivity index (χ3v) is 11.3. The number of hydrogen-bond acceptors (Lipinski definition) is 8. The van der Waals surface area contributed by atoms with Crippen molar-refractivity contribution < 1.29 is 36.7 Å². The van der Waals surface area contributed by atoms with E-state index >= 15 is 0 Å². The maximum atomic E-state index is 14.4. The molecule has 0 spiro atoms. The zero-order chi connectivity index (χ0) is 35.6. The van der Waals surface area contributed by atoms with Crippen molar-refractivity contribution in [2.45, 2.75) is 81.8 Å². The molecule has 6 rings (SSSR count). The Labute approximate surface area is 291 Å². The Morgan fingerprint density at radius 3 is 2.56 bits per heavy atom.